The number of benzene rings is 3. The SMILES string of the molecule is F/C(=C(/Oc1cccc(Oc2ccccc2)c1)Sc1ccccc1)C(F)(F)F. The van der Waals surface area contributed by atoms with Crippen LogP contribution in [0.25, 0.3) is 0 Å². The molecule has 0 saturated carbocycles. The van der Waals surface area contributed by atoms with Gasteiger partial charge in [-0.05, 0) is 48.2 Å². The summed E-state index contributed by atoms with van der Waals surface area (Å²) in [5, 5.41) is -0.893. The zero-order valence-corrected chi connectivity index (χ0v) is 15.1. The molecule has 0 spiro atoms. The molecule has 144 valence electrons. The van der Waals surface area contributed by atoms with Crippen molar-refractivity contribution in [1.29, 1.82) is 0 Å². The van der Waals surface area contributed by atoms with Crippen LogP contribution in [-0.4, -0.2) is 6.18 Å². The summed E-state index contributed by atoms with van der Waals surface area (Å²) in [5.74, 6) is -1.38. The predicted molar refractivity (Wildman–Crippen MR) is 100 cm³/mol. The van der Waals surface area contributed by atoms with Gasteiger partial charge >= 0.3 is 6.18 Å². The fraction of sp³-hybridized carbons (Fsp3) is 0.0476. The van der Waals surface area contributed by atoms with Crippen LogP contribution in [-0.2, 0) is 0 Å². The molecule has 0 bridgehead atoms. The largest absolute Gasteiger partial charge is 0.457 e. The molecule has 0 aliphatic carbocycles. The second-order valence-electron chi connectivity index (χ2n) is 5.51. The minimum absolute atomic E-state index is 0.0197. The highest BCUT2D eigenvalue weighted by atomic mass is 32.2. The molecule has 3 rings (SSSR count). The van der Waals surface area contributed by atoms with Crippen molar-refractivity contribution >= 4 is 11.8 Å². The molecule has 0 aromatic heterocycles. The minimum Gasteiger partial charge on any atom is -0.457 e. The van der Waals surface area contributed by atoms with E-state index in [2.05, 4.69) is 0 Å². The van der Waals surface area contributed by atoms with E-state index >= 15 is 0 Å². The lowest BCUT2D eigenvalue weighted by Crippen LogP contribution is -2.12. The highest BCUT2D eigenvalue weighted by Gasteiger charge is 2.39. The van der Waals surface area contributed by atoms with Crippen molar-refractivity contribution in [2.45, 2.75) is 11.1 Å². The van der Waals surface area contributed by atoms with Crippen LogP contribution in [0.15, 0.2) is 101 Å². The van der Waals surface area contributed by atoms with Gasteiger partial charge in [0.25, 0.3) is 5.83 Å². The van der Waals surface area contributed by atoms with Crippen LogP contribution in [0.5, 0.6) is 17.2 Å². The molecule has 0 unspecified atom stereocenters. The number of halogens is 4. The summed E-state index contributed by atoms with van der Waals surface area (Å²) in [6, 6.07) is 22.9. The molecule has 2 nitrogen and oxygen atoms in total. The quantitative estimate of drug-likeness (QED) is 0.242. The molecule has 0 heterocycles. The van der Waals surface area contributed by atoms with E-state index in [4.69, 9.17) is 9.47 Å². The molecule has 0 amide bonds. The Labute approximate surface area is 163 Å². The normalized spacial score (nSPS) is 12.3. The van der Waals surface area contributed by atoms with Crippen molar-refractivity contribution < 1.29 is 27.0 Å². The van der Waals surface area contributed by atoms with Gasteiger partial charge in [-0.1, -0.05) is 42.5 Å². The number of hydrogen-bond acceptors (Lipinski definition) is 3. The summed E-state index contributed by atoms with van der Waals surface area (Å²) >= 11 is 0.550. The molecule has 0 aliphatic rings. The van der Waals surface area contributed by atoms with Gasteiger partial charge in [0.15, 0.2) is 0 Å². The van der Waals surface area contributed by atoms with Crippen LogP contribution in [0.4, 0.5) is 17.6 Å². The van der Waals surface area contributed by atoms with Crippen molar-refractivity contribution in [2.24, 2.45) is 0 Å². The number of allylic oxidation sites excluding steroid dienone is 1. The maximum absolute atomic E-state index is 14.0. The Morgan fingerprint density at radius 3 is 1.93 bits per heavy atom. The Balaban J connectivity index is 1.85. The van der Waals surface area contributed by atoms with Crippen molar-refractivity contribution in [3.8, 4) is 17.2 Å². The number of para-hydroxylation sites is 1. The average molecular weight is 406 g/mol. The van der Waals surface area contributed by atoms with Crippen LogP contribution < -0.4 is 9.47 Å². The topological polar surface area (TPSA) is 18.5 Å². The molecule has 3 aromatic carbocycles. The minimum atomic E-state index is -5.16. The summed E-state index contributed by atoms with van der Waals surface area (Å²) in [7, 11) is 0. The van der Waals surface area contributed by atoms with Crippen molar-refractivity contribution in [3.63, 3.8) is 0 Å². The van der Waals surface area contributed by atoms with E-state index in [1.807, 2.05) is 6.07 Å². The maximum Gasteiger partial charge on any atom is 0.447 e. The number of alkyl halides is 3. The van der Waals surface area contributed by atoms with Crippen LogP contribution in [0.2, 0.25) is 0 Å². The third-order valence-corrected chi connectivity index (χ3v) is 4.33. The first kappa shape index (κ1) is 19.8. The smallest absolute Gasteiger partial charge is 0.447 e. The Kier molecular flexibility index (Phi) is 6.26. The first-order valence-corrected chi connectivity index (χ1v) is 8.94. The van der Waals surface area contributed by atoms with Crippen LogP contribution in [0, 0.1) is 0 Å². The van der Waals surface area contributed by atoms with Gasteiger partial charge < -0.3 is 9.47 Å². The molecule has 28 heavy (non-hydrogen) atoms. The number of hydrogen-bond donors (Lipinski definition) is 0. The van der Waals surface area contributed by atoms with Gasteiger partial charge in [-0.15, -0.1) is 0 Å². The van der Waals surface area contributed by atoms with Gasteiger partial charge in [0, 0.05) is 11.0 Å². The molecule has 0 fully saturated rings. The summed E-state index contributed by atoms with van der Waals surface area (Å²) < 4.78 is 63.6. The molecule has 0 N–H and O–H groups in total. The molecule has 0 aliphatic heterocycles. The molecule has 0 saturated heterocycles. The summed E-state index contributed by atoms with van der Waals surface area (Å²) in [6.07, 6.45) is -5.16. The Morgan fingerprint density at radius 1 is 0.714 bits per heavy atom. The second-order valence-corrected chi connectivity index (χ2v) is 6.55. The number of thioether (sulfide) groups is 1. The Morgan fingerprint density at radius 2 is 1.29 bits per heavy atom. The van der Waals surface area contributed by atoms with Crippen molar-refractivity contribution in [2.75, 3.05) is 0 Å². The number of ether oxygens (including phenoxy) is 2. The molecule has 3 aromatic rings. The third-order valence-electron chi connectivity index (χ3n) is 3.38. The molecule has 0 radical (unpaired) electrons. The first-order chi connectivity index (χ1) is 13.4. The predicted octanol–water partition coefficient (Wildman–Crippen LogP) is 7.35. The van der Waals surface area contributed by atoms with E-state index in [1.54, 1.807) is 66.7 Å². The highest BCUT2D eigenvalue weighted by Crippen LogP contribution is 2.39. The molecule has 0 atom stereocenters. The van der Waals surface area contributed by atoms with Gasteiger partial charge in [-0.2, -0.15) is 17.6 Å². The zero-order valence-electron chi connectivity index (χ0n) is 14.3. The highest BCUT2D eigenvalue weighted by molar-refractivity contribution is 8.03. The fourth-order valence-corrected chi connectivity index (χ4v) is 3.01. The molecular weight excluding hydrogens is 392 g/mol. The zero-order chi connectivity index (χ0) is 20.0. The maximum atomic E-state index is 14.0. The lowest BCUT2D eigenvalue weighted by molar-refractivity contribution is -0.110. The van der Waals surface area contributed by atoms with E-state index in [0.29, 0.717) is 28.2 Å². The summed E-state index contributed by atoms with van der Waals surface area (Å²) in [6.45, 7) is 0. The third kappa shape index (κ3) is 5.53. The van der Waals surface area contributed by atoms with E-state index in [0.717, 1.165) is 0 Å². The van der Waals surface area contributed by atoms with Gasteiger partial charge in [0.1, 0.15) is 17.2 Å². The molecule has 7 heteroatoms. The molecular formula is C21H14F4O2S. The van der Waals surface area contributed by atoms with Crippen LogP contribution in [0.3, 0.4) is 0 Å². The van der Waals surface area contributed by atoms with Gasteiger partial charge in [-0.25, -0.2) is 0 Å². The summed E-state index contributed by atoms with van der Waals surface area (Å²) in [4.78, 5) is 0.411. The standard InChI is InChI=1S/C21H14F4O2S/c22-19(21(23,24)25)20(28-18-12-5-2-6-13-18)27-17-11-7-10-16(14-17)26-15-8-3-1-4-9-15/h1-14H/b20-19-. The van der Waals surface area contributed by atoms with E-state index < -0.39 is 17.1 Å². The van der Waals surface area contributed by atoms with Crippen LogP contribution >= 0.6 is 11.8 Å². The average Bonchev–Trinajstić information content (AvgIpc) is 2.68. The van der Waals surface area contributed by atoms with Crippen LogP contribution in [0.1, 0.15) is 0 Å². The van der Waals surface area contributed by atoms with E-state index in [1.165, 1.54) is 12.1 Å². The van der Waals surface area contributed by atoms with Crippen molar-refractivity contribution in [1.82, 2.24) is 0 Å². The number of rotatable bonds is 6. The van der Waals surface area contributed by atoms with E-state index in [-0.39, 0.29) is 5.75 Å². The van der Waals surface area contributed by atoms with E-state index in [9.17, 15) is 17.6 Å². The van der Waals surface area contributed by atoms with Crippen molar-refractivity contribution in [3.05, 3.63) is 95.8 Å². The van der Waals surface area contributed by atoms with Gasteiger partial charge in [-0.3, -0.25) is 0 Å². The first-order valence-electron chi connectivity index (χ1n) is 8.12. The van der Waals surface area contributed by atoms with Gasteiger partial charge in [0.05, 0.1) is 0 Å². The van der Waals surface area contributed by atoms with Gasteiger partial charge in [0.2, 0.25) is 5.09 Å². The Bertz CT molecular complexity index is 941. The summed E-state index contributed by atoms with van der Waals surface area (Å²) in [5.41, 5.74) is 0. The lowest BCUT2D eigenvalue weighted by Gasteiger charge is -2.14. The monoisotopic (exact) mass is 406 g/mol. The Hall–Kier alpha value is -2.93. The second kappa shape index (κ2) is 8.84. The fourth-order valence-electron chi connectivity index (χ4n) is 2.15. The lowest BCUT2D eigenvalue weighted by atomic mass is 10.3.